The topological polar surface area (TPSA) is 223 Å². The van der Waals surface area contributed by atoms with Gasteiger partial charge in [0.2, 0.25) is 29.5 Å². The first kappa shape index (κ1) is 36.4. The zero-order chi connectivity index (χ0) is 34.2. The average molecular weight is 673 g/mol. The number of nitrogens with two attached hydrogens (primary N) is 2. The average Bonchev–Trinajstić information content (AvgIpc) is 2.99. The molecule has 3 rings (SSSR count). The summed E-state index contributed by atoms with van der Waals surface area (Å²) in [6, 6.07) is 10.4. The zero-order valence-corrected chi connectivity index (χ0v) is 27.6. The minimum atomic E-state index is -1.37. The van der Waals surface area contributed by atoms with Crippen LogP contribution < -0.4 is 32.7 Å². The van der Waals surface area contributed by atoms with E-state index in [9.17, 15) is 33.9 Å². The van der Waals surface area contributed by atoms with Crippen LogP contribution in [0.4, 0.5) is 0 Å². The quantitative estimate of drug-likeness (QED) is 0.192. The molecule has 0 aromatic heterocycles. The number of amides is 5. The molecule has 0 spiro atoms. The van der Waals surface area contributed by atoms with E-state index < -0.39 is 75.7 Å². The number of carboxylic acid groups (broad SMARTS) is 1. The van der Waals surface area contributed by atoms with E-state index in [0.717, 1.165) is 27.2 Å². The van der Waals surface area contributed by atoms with Crippen LogP contribution in [-0.2, 0) is 36.8 Å². The molecule has 0 bridgehead atoms. The van der Waals surface area contributed by atoms with Crippen LogP contribution >= 0.6 is 21.6 Å². The lowest BCUT2D eigenvalue weighted by molar-refractivity contribution is -0.143. The lowest BCUT2D eigenvalue weighted by atomic mass is 10.00. The predicted octanol–water partition coefficient (Wildman–Crippen LogP) is 0.505. The minimum Gasteiger partial charge on any atom is -0.480 e. The summed E-state index contributed by atoms with van der Waals surface area (Å²) in [7, 11) is 2.29. The van der Waals surface area contributed by atoms with Crippen molar-refractivity contribution < 1.29 is 33.9 Å². The van der Waals surface area contributed by atoms with Crippen molar-refractivity contribution in [3.8, 4) is 0 Å². The van der Waals surface area contributed by atoms with E-state index in [1.54, 1.807) is 70.2 Å². The van der Waals surface area contributed by atoms with E-state index in [4.69, 9.17) is 11.5 Å². The van der Waals surface area contributed by atoms with Gasteiger partial charge in [-0.2, -0.15) is 0 Å². The number of hydrogen-bond acceptors (Lipinski definition) is 9. The molecule has 46 heavy (non-hydrogen) atoms. The molecule has 0 aliphatic carbocycles. The van der Waals surface area contributed by atoms with Crippen molar-refractivity contribution >= 4 is 57.1 Å². The van der Waals surface area contributed by atoms with Gasteiger partial charge >= 0.3 is 5.97 Å². The van der Waals surface area contributed by atoms with Crippen LogP contribution in [0.25, 0.3) is 0 Å². The van der Waals surface area contributed by atoms with Crippen LogP contribution in [0.15, 0.2) is 54.6 Å². The first-order valence-electron chi connectivity index (χ1n) is 14.5. The molecule has 2 aromatic rings. The Hall–Kier alpha value is -4.08. The van der Waals surface area contributed by atoms with Crippen LogP contribution in [0, 0.1) is 0 Å². The second kappa shape index (κ2) is 15.5. The summed E-state index contributed by atoms with van der Waals surface area (Å²) >= 11 is 0. The summed E-state index contributed by atoms with van der Waals surface area (Å²) in [5.74, 6) is -4.55. The molecule has 0 saturated carbocycles. The maximum atomic E-state index is 13.5. The first-order chi connectivity index (χ1) is 21.5. The van der Waals surface area contributed by atoms with Gasteiger partial charge in [-0.1, -0.05) is 64.1 Å². The van der Waals surface area contributed by atoms with Gasteiger partial charge in [-0.15, -0.1) is 0 Å². The van der Waals surface area contributed by atoms with E-state index >= 15 is 0 Å². The Balaban J connectivity index is 1.87. The van der Waals surface area contributed by atoms with Crippen LogP contribution in [-0.4, -0.2) is 80.8 Å². The van der Waals surface area contributed by atoms with Crippen molar-refractivity contribution in [1.29, 1.82) is 0 Å². The Bertz CT molecular complexity index is 1450. The second-order valence-electron chi connectivity index (χ2n) is 12.0. The number of carbonyl (C=O) groups excluding carboxylic acids is 5. The lowest BCUT2D eigenvalue weighted by Crippen LogP contribution is -2.61. The van der Waals surface area contributed by atoms with Gasteiger partial charge in [0.1, 0.15) is 18.1 Å². The van der Waals surface area contributed by atoms with Gasteiger partial charge in [0.05, 0.1) is 17.3 Å². The highest BCUT2D eigenvalue weighted by atomic mass is 33.1. The fraction of sp³-hybridized carbons (Fsp3) is 0.419. The third kappa shape index (κ3) is 9.96. The van der Waals surface area contributed by atoms with Gasteiger partial charge in [-0.3, -0.25) is 24.0 Å². The number of benzene rings is 2. The molecule has 0 radical (unpaired) electrons. The van der Waals surface area contributed by atoms with Crippen molar-refractivity contribution in [2.45, 2.75) is 74.2 Å². The molecule has 4 atom stereocenters. The Morgan fingerprint density at radius 2 is 1.52 bits per heavy atom. The van der Waals surface area contributed by atoms with E-state index in [0.29, 0.717) is 11.1 Å². The highest BCUT2D eigenvalue weighted by Gasteiger charge is 2.44. The Labute approximate surface area is 275 Å². The maximum Gasteiger partial charge on any atom is 0.327 e. The number of carboxylic acids is 1. The number of rotatable bonds is 8. The highest BCUT2D eigenvalue weighted by Crippen LogP contribution is 2.46. The maximum absolute atomic E-state index is 13.5. The van der Waals surface area contributed by atoms with Crippen LogP contribution in [0.5, 0.6) is 0 Å². The van der Waals surface area contributed by atoms with E-state index in [-0.39, 0.29) is 12.8 Å². The number of primary amides is 1. The molecular formula is C31H40N6O7S2. The van der Waals surface area contributed by atoms with Crippen molar-refractivity contribution in [1.82, 2.24) is 21.3 Å². The highest BCUT2D eigenvalue weighted by molar-refractivity contribution is 8.77. The van der Waals surface area contributed by atoms with E-state index in [1.807, 2.05) is 0 Å². The van der Waals surface area contributed by atoms with Crippen molar-refractivity contribution in [3.05, 3.63) is 71.3 Å². The number of hydrogen-bond donors (Lipinski definition) is 7. The van der Waals surface area contributed by atoms with Crippen molar-refractivity contribution in [2.75, 3.05) is 6.54 Å². The number of nitrogens with one attached hydrogen (secondary N) is 4. The normalized spacial score (nSPS) is 22.6. The van der Waals surface area contributed by atoms with Gasteiger partial charge in [0.15, 0.2) is 0 Å². The Morgan fingerprint density at radius 1 is 0.913 bits per heavy atom. The molecule has 1 fully saturated rings. The smallest absolute Gasteiger partial charge is 0.327 e. The van der Waals surface area contributed by atoms with E-state index in [1.165, 1.54) is 12.1 Å². The van der Waals surface area contributed by atoms with Crippen molar-refractivity contribution in [2.24, 2.45) is 11.5 Å². The van der Waals surface area contributed by atoms with Crippen molar-refractivity contribution in [3.63, 3.8) is 0 Å². The number of carbonyl (C=O) groups is 6. The molecule has 1 unspecified atom stereocenters. The van der Waals surface area contributed by atoms with Crippen LogP contribution in [0.2, 0.25) is 0 Å². The summed E-state index contributed by atoms with van der Waals surface area (Å²) in [6.07, 6.45) is 0.176. The summed E-state index contributed by atoms with van der Waals surface area (Å²) in [5, 5.41) is 20.6. The van der Waals surface area contributed by atoms with E-state index in [2.05, 4.69) is 21.3 Å². The van der Waals surface area contributed by atoms with Crippen LogP contribution in [0.1, 0.15) is 49.2 Å². The lowest BCUT2D eigenvalue weighted by Gasteiger charge is -2.38. The van der Waals surface area contributed by atoms with Gasteiger partial charge in [0, 0.05) is 16.7 Å². The standard InChI is InChI=1S/C31H40N6O7S2/c1-30(2)23(36-26(40)20(32)14-18-10-12-19(13-11-18)25(33)39)28(42)34-16-22(38)35-21(15-17-8-6-5-7-9-17)27(41)37-24(29(43)44)31(3,4)46-45-30/h5-13,20-21,23-24H,14-16,32H2,1-4H3,(H2,33,39)(H,34,42)(H,35,38)(H,36,40)(H,37,41)(H,43,44)/t20?,21-,23-,24-/m0/s1. The summed E-state index contributed by atoms with van der Waals surface area (Å²) < 4.78 is -2.18. The third-order valence-corrected chi connectivity index (χ3v) is 11.6. The summed E-state index contributed by atoms with van der Waals surface area (Å²) in [4.78, 5) is 76.9. The molecule has 13 nitrogen and oxygen atoms in total. The van der Waals surface area contributed by atoms with Gasteiger partial charge in [-0.05, 0) is 57.4 Å². The monoisotopic (exact) mass is 672 g/mol. The minimum absolute atomic E-state index is 0.0792. The molecule has 1 aliphatic heterocycles. The molecule has 15 heteroatoms. The molecule has 1 heterocycles. The predicted molar refractivity (Wildman–Crippen MR) is 177 cm³/mol. The fourth-order valence-electron chi connectivity index (χ4n) is 4.62. The molecule has 9 N–H and O–H groups in total. The largest absolute Gasteiger partial charge is 0.480 e. The molecule has 1 aliphatic rings. The van der Waals surface area contributed by atoms with Gasteiger partial charge in [-0.25, -0.2) is 4.79 Å². The molecule has 1 saturated heterocycles. The fourth-order valence-corrected chi connectivity index (χ4v) is 7.43. The second-order valence-corrected chi connectivity index (χ2v) is 15.4. The van der Waals surface area contributed by atoms with Gasteiger partial charge in [0.25, 0.3) is 0 Å². The summed E-state index contributed by atoms with van der Waals surface area (Å²) in [5.41, 5.74) is 13.2. The molecular weight excluding hydrogens is 633 g/mol. The number of aliphatic carboxylic acids is 1. The summed E-state index contributed by atoms with van der Waals surface area (Å²) in [6.45, 7) is 6.15. The molecule has 248 valence electrons. The Kier molecular flexibility index (Phi) is 12.2. The third-order valence-electron chi connectivity index (χ3n) is 7.33. The molecule has 5 amide bonds. The van der Waals surface area contributed by atoms with Crippen LogP contribution in [0.3, 0.4) is 0 Å². The van der Waals surface area contributed by atoms with Gasteiger partial charge < -0.3 is 37.8 Å². The SMILES string of the molecule is CC1(C)SSC(C)(C)[C@@H](NC(=O)C(N)Cc2ccc(C(N)=O)cc2)C(=O)NCC(=O)N[C@@H](Cc2ccccc2)C(=O)N[C@H]1C(=O)O. The zero-order valence-electron chi connectivity index (χ0n) is 26.0. The first-order valence-corrected chi connectivity index (χ1v) is 16.6. The molecule has 2 aromatic carbocycles. The Morgan fingerprint density at radius 3 is 2.11 bits per heavy atom.